The molecule has 0 bridgehead atoms. The Kier molecular flexibility index (Phi) is 4.57. The minimum absolute atomic E-state index is 0.184. The van der Waals surface area contributed by atoms with Crippen molar-refractivity contribution in [3.63, 3.8) is 0 Å². The molecule has 0 aliphatic heterocycles. The first-order valence-corrected chi connectivity index (χ1v) is 7.90. The van der Waals surface area contributed by atoms with Crippen LogP contribution in [0.3, 0.4) is 0 Å². The molecule has 0 aliphatic carbocycles. The summed E-state index contributed by atoms with van der Waals surface area (Å²) >= 11 is 3.49. The maximum atomic E-state index is 12.1. The van der Waals surface area contributed by atoms with Crippen LogP contribution in [0.1, 0.15) is 21.8 Å². The van der Waals surface area contributed by atoms with Crippen LogP contribution in [-0.2, 0) is 0 Å². The molecule has 0 atom stereocenters. The number of anilines is 3. The van der Waals surface area contributed by atoms with Crippen LogP contribution < -0.4 is 10.6 Å². The van der Waals surface area contributed by atoms with E-state index in [4.69, 9.17) is 4.52 Å². The fraction of sp³-hybridized carbons (Fsp3) is 0.125. The summed E-state index contributed by atoms with van der Waals surface area (Å²) in [6.45, 7) is 3.75. The fourth-order valence-corrected chi connectivity index (χ4v) is 2.57. The third-order valence-corrected chi connectivity index (χ3v) is 3.80. The first kappa shape index (κ1) is 16.1. The Bertz CT molecular complexity index is 876. The van der Waals surface area contributed by atoms with E-state index in [0.29, 0.717) is 17.4 Å². The van der Waals surface area contributed by atoms with Crippen molar-refractivity contribution in [2.24, 2.45) is 0 Å². The van der Waals surface area contributed by atoms with E-state index in [1.54, 1.807) is 13.0 Å². The largest absolute Gasteiger partial charge is 0.360 e. The molecule has 0 fully saturated rings. The number of benzene rings is 1. The first-order chi connectivity index (χ1) is 11.5. The Labute approximate surface area is 146 Å². The van der Waals surface area contributed by atoms with Crippen molar-refractivity contribution < 1.29 is 9.32 Å². The first-order valence-electron chi connectivity index (χ1n) is 7.11. The predicted molar refractivity (Wildman–Crippen MR) is 93.4 cm³/mol. The van der Waals surface area contributed by atoms with Gasteiger partial charge in [0.1, 0.15) is 17.3 Å². The highest BCUT2D eigenvalue weighted by Gasteiger charge is 2.11. The Morgan fingerprint density at radius 1 is 1.12 bits per heavy atom. The standard InChI is InChI=1S/C16H14BrN5O2/c1-9-3-4-12(11(17)5-9)20-15-8-18-13(7-19-15)16(23)21-14-6-10(2)24-22-14/h3-8H,1-2H3,(H,19,20)(H,21,22,23). The molecule has 2 heterocycles. The molecule has 3 aromatic rings. The summed E-state index contributed by atoms with van der Waals surface area (Å²) in [6.07, 6.45) is 2.89. The maximum Gasteiger partial charge on any atom is 0.277 e. The monoisotopic (exact) mass is 387 g/mol. The van der Waals surface area contributed by atoms with Crippen molar-refractivity contribution in [2.75, 3.05) is 10.6 Å². The molecule has 1 amide bonds. The van der Waals surface area contributed by atoms with Gasteiger partial charge in [0.15, 0.2) is 5.82 Å². The van der Waals surface area contributed by atoms with Gasteiger partial charge in [-0.25, -0.2) is 9.97 Å². The third-order valence-electron chi connectivity index (χ3n) is 3.14. The van der Waals surface area contributed by atoms with E-state index in [9.17, 15) is 4.79 Å². The van der Waals surface area contributed by atoms with E-state index < -0.39 is 5.91 Å². The highest BCUT2D eigenvalue weighted by Crippen LogP contribution is 2.25. The topological polar surface area (TPSA) is 92.9 Å². The summed E-state index contributed by atoms with van der Waals surface area (Å²) < 4.78 is 5.81. The van der Waals surface area contributed by atoms with Crippen molar-refractivity contribution in [2.45, 2.75) is 13.8 Å². The van der Waals surface area contributed by atoms with Gasteiger partial charge < -0.3 is 15.2 Å². The third kappa shape index (κ3) is 3.77. The minimum Gasteiger partial charge on any atom is -0.360 e. The van der Waals surface area contributed by atoms with Gasteiger partial charge in [-0.2, -0.15) is 0 Å². The minimum atomic E-state index is -0.404. The number of aryl methyl sites for hydroxylation is 2. The summed E-state index contributed by atoms with van der Waals surface area (Å²) in [5.74, 6) is 1.08. The Morgan fingerprint density at radius 3 is 2.58 bits per heavy atom. The van der Waals surface area contributed by atoms with Crippen LogP contribution in [0.15, 0.2) is 45.7 Å². The van der Waals surface area contributed by atoms with E-state index in [1.165, 1.54) is 12.4 Å². The molecule has 8 heteroatoms. The van der Waals surface area contributed by atoms with Gasteiger partial charge in [0.05, 0.1) is 18.1 Å². The molecular formula is C16H14BrN5O2. The smallest absolute Gasteiger partial charge is 0.277 e. The van der Waals surface area contributed by atoms with Crippen molar-refractivity contribution in [3.8, 4) is 0 Å². The number of nitrogens with zero attached hydrogens (tertiary/aromatic N) is 3. The summed E-state index contributed by atoms with van der Waals surface area (Å²) in [5, 5.41) is 9.43. The molecule has 2 aromatic heterocycles. The molecule has 1 aromatic carbocycles. The van der Waals surface area contributed by atoms with E-state index in [-0.39, 0.29) is 5.69 Å². The lowest BCUT2D eigenvalue weighted by Crippen LogP contribution is -2.14. The molecule has 7 nitrogen and oxygen atoms in total. The van der Waals surface area contributed by atoms with E-state index >= 15 is 0 Å². The molecule has 0 radical (unpaired) electrons. The Hall–Kier alpha value is -2.74. The number of carbonyl (C=O) groups excluding carboxylic acids is 1. The number of aromatic nitrogens is 3. The lowest BCUT2D eigenvalue weighted by Gasteiger charge is -2.08. The van der Waals surface area contributed by atoms with Gasteiger partial charge in [-0.15, -0.1) is 0 Å². The maximum absolute atomic E-state index is 12.1. The quantitative estimate of drug-likeness (QED) is 0.706. The molecule has 0 spiro atoms. The lowest BCUT2D eigenvalue weighted by atomic mass is 10.2. The van der Waals surface area contributed by atoms with Crippen molar-refractivity contribution >= 4 is 39.2 Å². The van der Waals surface area contributed by atoms with Gasteiger partial charge in [0.2, 0.25) is 0 Å². The predicted octanol–water partition coefficient (Wildman–Crippen LogP) is 3.84. The number of amides is 1. The molecule has 0 saturated heterocycles. The van der Waals surface area contributed by atoms with Crippen LogP contribution in [0.4, 0.5) is 17.3 Å². The molecule has 2 N–H and O–H groups in total. The zero-order valence-electron chi connectivity index (χ0n) is 13.0. The van der Waals surface area contributed by atoms with E-state index in [1.807, 2.05) is 25.1 Å². The molecule has 0 aliphatic rings. The zero-order valence-corrected chi connectivity index (χ0v) is 14.6. The highest BCUT2D eigenvalue weighted by atomic mass is 79.9. The number of hydrogen-bond donors (Lipinski definition) is 2. The highest BCUT2D eigenvalue weighted by molar-refractivity contribution is 9.10. The molecule has 24 heavy (non-hydrogen) atoms. The Balaban J connectivity index is 1.69. The van der Waals surface area contributed by atoms with Crippen LogP contribution in [0.2, 0.25) is 0 Å². The number of carbonyl (C=O) groups is 1. The lowest BCUT2D eigenvalue weighted by molar-refractivity contribution is 0.102. The molecule has 0 saturated carbocycles. The normalized spacial score (nSPS) is 10.5. The van der Waals surface area contributed by atoms with Gasteiger partial charge >= 0.3 is 0 Å². The van der Waals surface area contributed by atoms with Gasteiger partial charge in [-0.3, -0.25) is 4.79 Å². The number of rotatable bonds is 4. The molecule has 122 valence electrons. The summed E-state index contributed by atoms with van der Waals surface area (Å²) in [5.41, 5.74) is 2.20. The number of nitrogens with one attached hydrogen (secondary N) is 2. The van der Waals surface area contributed by atoms with E-state index in [2.05, 4.69) is 41.7 Å². The van der Waals surface area contributed by atoms with Crippen LogP contribution in [0.5, 0.6) is 0 Å². The second-order valence-electron chi connectivity index (χ2n) is 5.17. The molecule has 3 rings (SSSR count). The van der Waals surface area contributed by atoms with Gasteiger partial charge in [0, 0.05) is 10.5 Å². The van der Waals surface area contributed by atoms with Crippen LogP contribution in [-0.4, -0.2) is 21.0 Å². The molecular weight excluding hydrogens is 374 g/mol. The fourth-order valence-electron chi connectivity index (χ4n) is 1.98. The summed E-state index contributed by atoms with van der Waals surface area (Å²) in [7, 11) is 0. The van der Waals surface area contributed by atoms with Crippen LogP contribution in [0.25, 0.3) is 0 Å². The average molecular weight is 388 g/mol. The summed E-state index contributed by atoms with van der Waals surface area (Å²) in [6, 6.07) is 7.55. The average Bonchev–Trinajstić information content (AvgIpc) is 2.96. The van der Waals surface area contributed by atoms with Crippen molar-refractivity contribution in [1.82, 2.24) is 15.1 Å². The second kappa shape index (κ2) is 6.79. The summed E-state index contributed by atoms with van der Waals surface area (Å²) in [4.78, 5) is 20.4. The van der Waals surface area contributed by atoms with Crippen molar-refractivity contribution in [3.05, 3.63) is 58.1 Å². The van der Waals surface area contributed by atoms with Crippen LogP contribution in [0, 0.1) is 13.8 Å². The van der Waals surface area contributed by atoms with Gasteiger partial charge in [-0.1, -0.05) is 11.2 Å². The van der Waals surface area contributed by atoms with E-state index in [0.717, 1.165) is 15.7 Å². The number of hydrogen-bond acceptors (Lipinski definition) is 6. The van der Waals surface area contributed by atoms with Gasteiger partial charge in [-0.05, 0) is 47.5 Å². The second-order valence-corrected chi connectivity index (χ2v) is 6.03. The zero-order chi connectivity index (χ0) is 17.1. The van der Waals surface area contributed by atoms with Crippen molar-refractivity contribution in [1.29, 1.82) is 0 Å². The van der Waals surface area contributed by atoms with Gasteiger partial charge in [0.25, 0.3) is 5.91 Å². The molecule has 0 unspecified atom stereocenters. The van der Waals surface area contributed by atoms with Crippen LogP contribution >= 0.6 is 15.9 Å². The Morgan fingerprint density at radius 2 is 1.96 bits per heavy atom. The number of halogens is 1. The SMILES string of the molecule is Cc1ccc(Nc2cnc(C(=O)Nc3cc(C)on3)cn2)c(Br)c1.